The minimum Gasteiger partial charge on any atom is -1.00 e. The van der Waals surface area contributed by atoms with Gasteiger partial charge in [0.05, 0.1) is 18.9 Å². The van der Waals surface area contributed by atoms with E-state index in [4.69, 9.17) is 10.1 Å². The third kappa shape index (κ3) is 4.98. The normalized spacial score (nSPS) is 7.38. The van der Waals surface area contributed by atoms with Crippen LogP contribution in [0, 0.1) is 5.39 Å². The molecule has 0 spiro atoms. The fourth-order valence-electron chi connectivity index (χ4n) is 1.10. The molecule has 0 unspecified atom stereocenters. The number of anilines is 1. The summed E-state index contributed by atoms with van der Waals surface area (Å²) in [4.78, 5) is 5.01. The topological polar surface area (TPSA) is 40.6 Å². The predicted molar refractivity (Wildman–Crippen MR) is 52.1 cm³/mol. The standard InChI is InChI=1S/C9H12N3O.2ClH.Zn/c1-12(2)8-5-4-7(11-10)6-9(8)13-3;;;/h4-6H,1-3H3;2*1H;/q+1;;;/p-2. The maximum atomic E-state index is 8.54. The number of nitrogens with zero attached hydrogens (tertiary/aromatic N) is 3. The molecule has 4 nitrogen and oxygen atoms in total. The molecule has 0 saturated heterocycles. The van der Waals surface area contributed by atoms with Gasteiger partial charge in [0.1, 0.15) is 5.75 Å². The Morgan fingerprint density at radius 2 is 1.81 bits per heavy atom. The van der Waals surface area contributed by atoms with E-state index in [0.29, 0.717) is 11.4 Å². The smallest absolute Gasteiger partial charge is 0.388 e. The van der Waals surface area contributed by atoms with E-state index in [1.54, 1.807) is 19.2 Å². The Morgan fingerprint density at radius 3 is 2.19 bits per heavy atom. The molecule has 0 aromatic heterocycles. The van der Waals surface area contributed by atoms with E-state index in [0.717, 1.165) is 5.69 Å². The monoisotopic (exact) mass is 312 g/mol. The number of diazo groups is 1. The van der Waals surface area contributed by atoms with Crippen molar-refractivity contribution in [2.24, 2.45) is 0 Å². The molecular formula is C9H12Cl2N3OZn-. The number of rotatable bonds is 2. The summed E-state index contributed by atoms with van der Waals surface area (Å²) < 4.78 is 5.14. The van der Waals surface area contributed by atoms with Crippen molar-refractivity contribution in [2.75, 3.05) is 26.1 Å². The number of methoxy groups -OCH3 is 1. The van der Waals surface area contributed by atoms with Crippen molar-refractivity contribution in [2.45, 2.75) is 0 Å². The Morgan fingerprint density at radius 1 is 1.25 bits per heavy atom. The van der Waals surface area contributed by atoms with Crippen molar-refractivity contribution < 1.29 is 49.0 Å². The largest absolute Gasteiger partial charge is 1.00 e. The fourth-order valence-corrected chi connectivity index (χ4v) is 1.10. The summed E-state index contributed by atoms with van der Waals surface area (Å²) in [5, 5.41) is 8.54. The molecule has 0 radical (unpaired) electrons. The van der Waals surface area contributed by atoms with Crippen LogP contribution in [0.25, 0.3) is 4.98 Å². The summed E-state index contributed by atoms with van der Waals surface area (Å²) in [6.45, 7) is 0. The number of benzene rings is 1. The quantitative estimate of drug-likeness (QED) is 0.416. The van der Waals surface area contributed by atoms with Gasteiger partial charge in [-0.1, -0.05) is 0 Å². The van der Waals surface area contributed by atoms with E-state index in [1.807, 2.05) is 25.1 Å². The summed E-state index contributed by atoms with van der Waals surface area (Å²) >= 11 is 0. The Labute approximate surface area is 121 Å². The van der Waals surface area contributed by atoms with Crippen LogP contribution < -0.4 is 34.5 Å². The van der Waals surface area contributed by atoms with Crippen LogP contribution in [0.2, 0.25) is 0 Å². The number of hydrogen-bond donors (Lipinski definition) is 0. The molecule has 0 heterocycles. The number of ether oxygens (including phenoxy) is 1. The van der Waals surface area contributed by atoms with E-state index in [-0.39, 0.29) is 44.3 Å². The second kappa shape index (κ2) is 9.65. The van der Waals surface area contributed by atoms with Crippen LogP contribution in [-0.4, -0.2) is 21.2 Å². The molecule has 0 bridgehead atoms. The summed E-state index contributed by atoms with van der Waals surface area (Å²) in [5.74, 6) is 0.695. The van der Waals surface area contributed by atoms with Crippen molar-refractivity contribution in [3.63, 3.8) is 0 Å². The zero-order valence-electron chi connectivity index (χ0n) is 9.44. The zero-order chi connectivity index (χ0) is 9.84. The summed E-state index contributed by atoms with van der Waals surface area (Å²) in [6.07, 6.45) is 0. The number of hydrogen-bond acceptors (Lipinski definition) is 3. The summed E-state index contributed by atoms with van der Waals surface area (Å²) in [7, 11) is 5.44. The summed E-state index contributed by atoms with van der Waals surface area (Å²) in [5.41, 5.74) is 1.44. The maximum Gasteiger partial charge on any atom is 0.388 e. The molecule has 0 fully saturated rings. The molecule has 0 aliphatic rings. The maximum absolute atomic E-state index is 8.54. The molecule has 86 valence electrons. The molecule has 0 amide bonds. The molecule has 0 aliphatic carbocycles. The van der Waals surface area contributed by atoms with E-state index >= 15 is 0 Å². The molecule has 0 atom stereocenters. The van der Waals surface area contributed by atoms with Gasteiger partial charge in [-0.3, -0.25) is 0 Å². The van der Waals surface area contributed by atoms with Crippen LogP contribution in [-0.2, 0) is 19.5 Å². The first kappa shape index (κ1) is 20.8. The van der Waals surface area contributed by atoms with E-state index < -0.39 is 0 Å². The van der Waals surface area contributed by atoms with Gasteiger partial charge in [0.2, 0.25) is 5.39 Å². The molecule has 0 N–H and O–H groups in total. The van der Waals surface area contributed by atoms with E-state index in [1.165, 1.54) is 0 Å². The van der Waals surface area contributed by atoms with Gasteiger partial charge < -0.3 is 34.5 Å². The van der Waals surface area contributed by atoms with Gasteiger partial charge in [-0.25, -0.2) is 0 Å². The van der Waals surface area contributed by atoms with Crippen molar-refractivity contribution in [3.8, 4) is 5.75 Å². The van der Waals surface area contributed by atoms with E-state index in [9.17, 15) is 0 Å². The Kier molecular flexibility index (Phi) is 12.6. The first-order valence-electron chi connectivity index (χ1n) is 3.89. The third-order valence-corrected chi connectivity index (χ3v) is 1.76. The minimum absolute atomic E-state index is 0. The van der Waals surface area contributed by atoms with Crippen molar-refractivity contribution in [3.05, 3.63) is 23.2 Å². The van der Waals surface area contributed by atoms with Crippen LogP contribution in [0.15, 0.2) is 18.2 Å². The van der Waals surface area contributed by atoms with Gasteiger partial charge in [-0.05, 0) is 6.07 Å². The van der Waals surface area contributed by atoms with Gasteiger partial charge >= 0.3 is 5.69 Å². The fraction of sp³-hybridized carbons (Fsp3) is 0.333. The third-order valence-electron chi connectivity index (χ3n) is 1.76. The van der Waals surface area contributed by atoms with Crippen LogP contribution in [0.3, 0.4) is 0 Å². The average molecular weight is 315 g/mol. The molecule has 16 heavy (non-hydrogen) atoms. The molecule has 0 aliphatic heterocycles. The SMILES string of the molecule is COc1cc([N+]#N)ccc1N(C)C.[Cl-].[Cl-].[Zn]. The van der Waals surface area contributed by atoms with Crippen molar-refractivity contribution in [1.29, 1.82) is 5.39 Å². The first-order valence-corrected chi connectivity index (χ1v) is 3.89. The van der Waals surface area contributed by atoms with Gasteiger partial charge in [-0.2, -0.15) is 0 Å². The Balaban J connectivity index is -0.000000563. The van der Waals surface area contributed by atoms with Gasteiger partial charge in [0.15, 0.2) is 4.98 Å². The first-order chi connectivity index (χ1) is 6.19. The minimum atomic E-state index is 0. The second-order valence-electron chi connectivity index (χ2n) is 2.85. The number of halogens is 2. The van der Waals surface area contributed by atoms with Crippen LogP contribution in [0.1, 0.15) is 0 Å². The molecule has 1 aromatic carbocycles. The molecule has 0 saturated carbocycles. The molecule has 1 rings (SSSR count). The molecule has 1 aromatic rings. The molecule has 7 heteroatoms. The van der Waals surface area contributed by atoms with E-state index in [2.05, 4.69) is 4.98 Å². The van der Waals surface area contributed by atoms with Crippen molar-refractivity contribution >= 4 is 11.4 Å². The van der Waals surface area contributed by atoms with Gasteiger partial charge in [-0.15, -0.1) is 0 Å². The van der Waals surface area contributed by atoms with Gasteiger partial charge in [0.25, 0.3) is 0 Å². The Hall–Kier alpha value is -0.557. The van der Waals surface area contributed by atoms with Crippen molar-refractivity contribution in [1.82, 2.24) is 0 Å². The Bertz CT molecular complexity index is 355. The van der Waals surface area contributed by atoms with Crippen LogP contribution in [0.5, 0.6) is 5.75 Å². The molecular weight excluding hydrogens is 302 g/mol. The predicted octanol–water partition coefficient (Wildman–Crippen LogP) is -3.75. The van der Waals surface area contributed by atoms with Crippen LogP contribution in [0.4, 0.5) is 11.4 Å². The second-order valence-corrected chi connectivity index (χ2v) is 2.85. The zero-order valence-corrected chi connectivity index (χ0v) is 13.9. The van der Waals surface area contributed by atoms with Crippen LogP contribution >= 0.6 is 0 Å². The van der Waals surface area contributed by atoms with Gasteiger partial charge in [0, 0.05) is 39.6 Å². The summed E-state index contributed by atoms with van der Waals surface area (Å²) in [6, 6.07) is 5.24. The average Bonchev–Trinajstić information content (AvgIpc) is 2.16.